The number of rotatable bonds is 5. The zero-order chi connectivity index (χ0) is 14.7. The highest BCUT2D eigenvalue weighted by Crippen LogP contribution is 1.96. The zero-order valence-electron chi connectivity index (χ0n) is 12.0. The predicted octanol–water partition coefficient (Wildman–Crippen LogP) is -0.850. The van der Waals surface area contributed by atoms with E-state index in [0.29, 0.717) is 12.1 Å². The van der Waals surface area contributed by atoms with Gasteiger partial charge in [0.1, 0.15) is 0 Å². The van der Waals surface area contributed by atoms with E-state index in [-0.39, 0.29) is 11.2 Å². The second-order valence-electron chi connectivity index (χ2n) is 4.78. The molecule has 0 saturated heterocycles. The fraction of sp³-hybridized carbons (Fsp3) is 0.462. The van der Waals surface area contributed by atoms with Crippen molar-refractivity contribution in [2.45, 2.75) is 13.0 Å². The van der Waals surface area contributed by atoms with Crippen molar-refractivity contribution in [3.05, 3.63) is 50.6 Å². The summed E-state index contributed by atoms with van der Waals surface area (Å²) in [5.74, 6) is 0. The van der Waals surface area contributed by atoms with Crippen LogP contribution in [-0.4, -0.2) is 25.5 Å². The number of hydrogen-bond donors (Lipinski definition) is 1. The summed E-state index contributed by atoms with van der Waals surface area (Å²) < 4.78 is 4.37. The highest BCUT2D eigenvalue weighted by atomic mass is 16.2. The Bertz CT molecular complexity index is 710. The highest BCUT2D eigenvalue weighted by Gasteiger charge is 2.06. The second kappa shape index (κ2) is 5.87. The van der Waals surface area contributed by atoms with Gasteiger partial charge < -0.3 is 9.88 Å². The molecule has 0 radical (unpaired) electrons. The van der Waals surface area contributed by atoms with Gasteiger partial charge in [-0.25, -0.2) is 4.79 Å². The summed E-state index contributed by atoms with van der Waals surface area (Å²) in [7, 11) is 5.03. The normalized spacial score (nSPS) is 10.9. The fourth-order valence-electron chi connectivity index (χ4n) is 2.09. The van der Waals surface area contributed by atoms with Gasteiger partial charge >= 0.3 is 5.69 Å². The van der Waals surface area contributed by atoms with Crippen LogP contribution in [0.5, 0.6) is 0 Å². The molecule has 2 rings (SSSR count). The Labute approximate surface area is 116 Å². The molecular weight excluding hydrogens is 258 g/mol. The SMILES string of the molecule is Cn1nccc1CCNCc1cn(C)c(=O)n(C)c1=O. The van der Waals surface area contributed by atoms with Gasteiger partial charge in [0.25, 0.3) is 5.56 Å². The molecule has 2 aromatic heterocycles. The van der Waals surface area contributed by atoms with Crippen molar-refractivity contribution in [2.75, 3.05) is 6.54 Å². The Morgan fingerprint density at radius 3 is 2.65 bits per heavy atom. The van der Waals surface area contributed by atoms with Gasteiger partial charge in [0, 0.05) is 64.3 Å². The predicted molar refractivity (Wildman–Crippen MR) is 75.5 cm³/mol. The van der Waals surface area contributed by atoms with Crippen molar-refractivity contribution in [1.82, 2.24) is 24.2 Å². The first kappa shape index (κ1) is 14.3. The van der Waals surface area contributed by atoms with Crippen LogP contribution in [0.15, 0.2) is 28.0 Å². The Balaban J connectivity index is 1.97. The molecule has 0 saturated carbocycles. The smallest absolute Gasteiger partial charge is 0.312 e. The maximum absolute atomic E-state index is 11.9. The van der Waals surface area contributed by atoms with E-state index in [0.717, 1.165) is 23.2 Å². The fourth-order valence-corrected chi connectivity index (χ4v) is 2.09. The molecule has 108 valence electrons. The summed E-state index contributed by atoms with van der Waals surface area (Å²) in [5.41, 5.74) is 1.15. The lowest BCUT2D eigenvalue weighted by Crippen LogP contribution is -2.39. The van der Waals surface area contributed by atoms with E-state index in [2.05, 4.69) is 10.4 Å². The van der Waals surface area contributed by atoms with Crippen LogP contribution in [0.25, 0.3) is 0 Å². The first-order valence-electron chi connectivity index (χ1n) is 6.44. The Morgan fingerprint density at radius 1 is 1.25 bits per heavy atom. The minimum Gasteiger partial charge on any atom is -0.312 e. The third kappa shape index (κ3) is 2.88. The number of nitrogens with zero attached hydrogens (tertiary/aromatic N) is 4. The molecule has 1 N–H and O–H groups in total. The number of aromatic nitrogens is 4. The maximum atomic E-state index is 11.9. The zero-order valence-corrected chi connectivity index (χ0v) is 12.0. The van der Waals surface area contributed by atoms with Gasteiger partial charge in [0.05, 0.1) is 0 Å². The standard InChI is InChI=1S/C13H19N5O2/c1-16-9-10(12(19)17(2)13(16)20)8-14-6-4-11-5-7-15-18(11)3/h5,7,9,14H,4,6,8H2,1-3H3. The Hall–Kier alpha value is -2.15. The maximum Gasteiger partial charge on any atom is 0.330 e. The van der Waals surface area contributed by atoms with Crippen molar-refractivity contribution in [1.29, 1.82) is 0 Å². The van der Waals surface area contributed by atoms with Gasteiger partial charge in [-0.05, 0) is 6.07 Å². The Kier molecular flexibility index (Phi) is 4.19. The van der Waals surface area contributed by atoms with E-state index in [4.69, 9.17) is 0 Å². The van der Waals surface area contributed by atoms with Crippen molar-refractivity contribution in [3.8, 4) is 0 Å². The average Bonchev–Trinajstić information content (AvgIpc) is 2.83. The summed E-state index contributed by atoms with van der Waals surface area (Å²) in [6.45, 7) is 1.18. The van der Waals surface area contributed by atoms with E-state index in [1.54, 1.807) is 19.4 Å². The van der Waals surface area contributed by atoms with Gasteiger partial charge in [-0.3, -0.25) is 14.0 Å². The monoisotopic (exact) mass is 277 g/mol. The summed E-state index contributed by atoms with van der Waals surface area (Å²) in [4.78, 5) is 23.5. The third-order valence-electron chi connectivity index (χ3n) is 3.31. The van der Waals surface area contributed by atoms with E-state index in [1.807, 2.05) is 17.8 Å². The topological polar surface area (TPSA) is 73.8 Å². The molecule has 7 heteroatoms. The molecule has 0 unspecified atom stereocenters. The largest absolute Gasteiger partial charge is 0.330 e. The molecule has 7 nitrogen and oxygen atoms in total. The molecule has 0 aliphatic heterocycles. The molecule has 0 amide bonds. The van der Waals surface area contributed by atoms with Gasteiger partial charge in [-0.2, -0.15) is 5.10 Å². The highest BCUT2D eigenvalue weighted by molar-refractivity contribution is 5.05. The molecule has 20 heavy (non-hydrogen) atoms. The lowest BCUT2D eigenvalue weighted by atomic mass is 10.3. The molecule has 0 atom stereocenters. The summed E-state index contributed by atoms with van der Waals surface area (Å²) in [5, 5.41) is 7.31. The van der Waals surface area contributed by atoms with Crippen LogP contribution in [0.2, 0.25) is 0 Å². The molecule has 0 aliphatic rings. The van der Waals surface area contributed by atoms with E-state index >= 15 is 0 Å². The van der Waals surface area contributed by atoms with Gasteiger partial charge in [-0.15, -0.1) is 0 Å². The van der Waals surface area contributed by atoms with Gasteiger partial charge in [-0.1, -0.05) is 0 Å². The molecular formula is C13H19N5O2. The molecule has 2 aromatic rings. The van der Waals surface area contributed by atoms with Crippen LogP contribution in [0.3, 0.4) is 0 Å². The van der Waals surface area contributed by atoms with Crippen molar-refractivity contribution >= 4 is 0 Å². The van der Waals surface area contributed by atoms with Gasteiger partial charge in [0.2, 0.25) is 0 Å². The van der Waals surface area contributed by atoms with Crippen LogP contribution >= 0.6 is 0 Å². The average molecular weight is 277 g/mol. The minimum absolute atomic E-state index is 0.249. The molecule has 0 spiro atoms. The molecule has 0 bridgehead atoms. The lowest BCUT2D eigenvalue weighted by Gasteiger charge is -2.08. The number of nitrogens with one attached hydrogen (secondary N) is 1. The van der Waals surface area contributed by atoms with Crippen molar-refractivity contribution in [2.24, 2.45) is 21.1 Å². The summed E-state index contributed by atoms with van der Waals surface area (Å²) in [6.07, 6.45) is 4.18. The van der Waals surface area contributed by atoms with Crippen LogP contribution in [0.1, 0.15) is 11.3 Å². The number of aryl methyl sites for hydroxylation is 2. The summed E-state index contributed by atoms with van der Waals surface area (Å²) in [6, 6.07) is 1.97. The third-order valence-corrected chi connectivity index (χ3v) is 3.31. The quantitative estimate of drug-likeness (QED) is 0.723. The Morgan fingerprint density at radius 2 is 2.00 bits per heavy atom. The van der Waals surface area contributed by atoms with E-state index in [9.17, 15) is 9.59 Å². The second-order valence-corrected chi connectivity index (χ2v) is 4.78. The molecule has 0 aliphatic carbocycles. The minimum atomic E-state index is -0.311. The van der Waals surface area contributed by atoms with E-state index in [1.165, 1.54) is 11.6 Å². The van der Waals surface area contributed by atoms with Crippen LogP contribution in [0.4, 0.5) is 0 Å². The molecule has 2 heterocycles. The van der Waals surface area contributed by atoms with Crippen LogP contribution in [0, 0.1) is 0 Å². The summed E-state index contributed by atoms with van der Waals surface area (Å²) >= 11 is 0. The first-order chi connectivity index (χ1) is 9.50. The van der Waals surface area contributed by atoms with Crippen LogP contribution < -0.4 is 16.6 Å². The van der Waals surface area contributed by atoms with E-state index < -0.39 is 0 Å². The van der Waals surface area contributed by atoms with Crippen LogP contribution in [-0.2, 0) is 34.1 Å². The van der Waals surface area contributed by atoms with Crippen molar-refractivity contribution < 1.29 is 0 Å². The number of hydrogen-bond acceptors (Lipinski definition) is 4. The molecule has 0 aromatic carbocycles. The first-order valence-corrected chi connectivity index (χ1v) is 6.44. The van der Waals surface area contributed by atoms with Crippen molar-refractivity contribution in [3.63, 3.8) is 0 Å². The van der Waals surface area contributed by atoms with Gasteiger partial charge in [0.15, 0.2) is 0 Å². The molecule has 0 fully saturated rings. The lowest BCUT2D eigenvalue weighted by molar-refractivity contribution is 0.616.